The van der Waals surface area contributed by atoms with Gasteiger partial charge in [-0.05, 0) is 18.6 Å². The molecule has 7 heteroatoms. The van der Waals surface area contributed by atoms with E-state index in [0.29, 0.717) is 36.7 Å². The van der Waals surface area contributed by atoms with Crippen molar-refractivity contribution in [2.75, 3.05) is 25.2 Å². The number of urea groups is 1. The smallest absolute Gasteiger partial charge is 0.319 e. The van der Waals surface area contributed by atoms with Crippen LogP contribution in [0.5, 0.6) is 11.5 Å². The van der Waals surface area contributed by atoms with Crippen LogP contribution < -0.4 is 25.4 Å². The van der Waals surface area contributed by atoms with Gasteiger partial charge in [-0.15, -0.1) is 0 Å². The highest BCUT2D eigenvalue weighted by molar-refractivity contribution is 5.89. The summed E-state index contributed by atoms with van der Waals surface area (Å²) in [5, 5.41) is 8.42. The average molecular weight is 281 g/mol. The maximum Gasteiger partial charge on any atom is 0.319 e. The van der Waals surface area contributed by atoms with Crippen LogP contribution in [0.25, 0.3) is 0 Å². The third-order valence-electron chi connectivity index (χ3n) is 3.31. The van der Waals surface area contributed by atoms with E-state index in [4.69, 9.17) is 9.47 Å². The van der Waals surface area contributed by atoms with E-state index in [1.807, 2.05) is 0 Å². The summed E-state index contributed by atoms with van der Waals surface area (Å²) < 4.78 is 23.4. The average Bonchev–Trinajstić information content (AvgIpc) is 3.04. The number of carbonyl (C=O) groups excluding carboxylic acids is 1. The second-order valence-electron chi connectivity index (χ2n) is 4.84. The summed E-state index contributed by atoms with van der Waals surface area (Å²) in [5.74, 6) is 1.28. The molecule has 2 amide bonds. The van der Waals surface area contributed by atoms with Gasteiger partial charge in [0.15, 0.2) is 11.5 Å². The molecule has 1 saturated heterocycles. The van der Waals surface area contributed by atoms with E-state index in [9.17, 15) is 9.18 Å². The molecule has 2 aliphatic rings. The first-order valence-electron chi connectivity index (χ1n) is 6.52. The molecule has 6 nitrogen and oxygen atoms in total. The number of alkyl halides is 1. The lowest BCUT2D eigenvalue weighted by Crippen LogP contribution is -2.39. The van der Waals surface area contributed by atoms with Crippen LogP contribution in [-0.2, 0) is 0 Å². The summed E-state index contributed by atoms with van der Waals surface area (Å²) in [5.41, 5.74) is 0.620. The topological polar surface area (TPSA) is 71.6 Å². The highest BCUT2D eigenvalue weighted by Gasteiger charge is 2.23. The molecule has 2 aliphatic heterocycles. The molecule has 3 rings (SSSR count). The first-order chi connectivity index (χ1) is 9.70. The van der Waals surface area contributed by atoms with Crippen molar-refractivity contribution >= 4 is 11.7 Å². The Hall–Kier alpha value is -2.02. The summed E-state index contributed by atoms with van der Waals surface area (Å²) in [6.07, 6.45) is -0.386. The van der Waals surface area contributed by atoms with Crippen molar-refractivity contribution in [3.8, 4) is 11.5 Å². The van der Waals surface area contributed by atoms with Crippen molar-refractivity contribution < 1.29 is 18.7 Å². The quantitative estimate of drug-likeness (QED) is 0.779. The van der Waals surface area contributed by atoms with Gasteiger partial charge in [0.1, 0.15) is 6.17 Å². The Balaban J connectivity index is 1.49. The van der Waals surface area contributed by atoms with Crippen molar-refractivity contribution in [1.29, 1.82) is 0 Å². The summed E-state index contributed by atoms with van der Waals surface area (Å²) in [6, 6.07) is 4.84. The monoisotopic (exact) mass is 281 g/mol. The molecule has 1 fully saturated rings. The molecule has 1 aromatic rings. The van der Waals surface area contributed by atoms with E-state index < -0.39 is 6.17 Å². The molecule has 0 bridgehead atoms. The van der Waals surface area contributed by atoms with Crippen LogP contribution in [0.3, 0.4) is 0 Å². The van der Waals surface area contributed by atoms with Crippen LogP contribution in [0.4, 0.5) is 14.9 Å². The van der Waals surface area contributed by atoms with Gasteiger partial charge in [-0.25, -0.2) is 9.18 Å². The van der Waals surface area contributed by atoms with Crippen LogP contribution in [-0.4, -0.2) is 38.1 Å². The second-order valence-corrected chi connectivity index (χ2v) is 4.84. The molecule has 2 heterocycles. The predicted molar refractivity (Wildman–Crippen MR) is 70.9 cm³/mol. The van der Waals surface area contributed by atoms with Gasteiger partial charge in [0.05, 0.1) is 0 Å². The summed E-state index contributed by atoms with van der Waals surface area (Å²) in [7, 11) is 0. The summed E-state index contributed by atoms with van der Waals surface area (Å²) in [6.45, 7) is 0.954. The third-order valence-corrected chi connectivity index (χ3v) is 3.31. The fourth-order valence-corrected chi connectivity index (χ4v) is 2.29. The first kappa shape index (κ1) is 13.0. The Morgan fingerprint density at radius 2 is 2.25 bits per heavy atom. The number of carbonyl (C=O) groups is 1. The van der Waals surface area contributed by atoms with Crippen molar-refractivity contribution in [3.05, 3.63) is 18.2 Å². The van der Waals surface area contributed by atoms with Gasteiger partial charge in [-0.3, -0.25) is 0 Å². The Kier molecular flexibility index (Phi) is 3.60. The van der Waals surface area contributed by atoms with Crippen molar-refractivity contribution in [1.82, 2.24) is 10.6 Å². The van der Waals surface area contributed by atoms with E-state index in [2.05, 4.69) is 16.0 Å². The number of ether oxygens (including phenoxy) is 2. The molecule has 20 heavy (non-hydrogen) atoms. The zero-order valence-electron chi connectivity index (χ0n) is 10.8. The van der Waals surface area contributed by atoms with Crippen LogP contribution in [0.1, 0.15) is 6.42 Å². The molecular formula is C13H16FN3O3. The van der Waals surface area contributed by atoms with Gasteiger partial charge < -0.3 is 25.4 Å². The van der Waals surface area contributed by atoms with Gasteiger partial charge in [0, 0.05) is 30.9 Å². The molecule has 108 valence electrons. The molecule has 0 saturated carbocycles. The van der Waals surface area contributed by atoms with Gasteiger partial charge >= 0.3 is 6.03 Å². The number of benzene rings is 1. The number of amides is 2. The fourth-order valence-electron chi connectivity index (χ4n) is 2.29. The van der Waals surface area contributed by atoms with E-state index in [-0.39, 0.29) is 18.9 Å². The standard InChI is InChI=1S/C13H16FN3O3/c14-8-3-10(15-5-8)6-16-13(18)17-9-1-2-11-12(4-9)20-7-19-11/h1-2,4,8,10,15H,3,5-7H2,(H2,16,17,18)/t8-,10-/m0/s1. The van der Waals surface area contributed by atoms with Gasteiger partial charge in [-0.2, -0.15) is 0 Å². The minimum Gasteiger partial charge on any atom is -0.454 e. The molecule has 0 aliphatic carbocycles. The van der Waals surface area contributed by atoms with E-state index in [1.54, 1.807) is 18.2 Å². The lowest BCUT2D eigenvalue weighted by atomic mass is 10.2. The highest BCUT2D eigenvalue weighted by atomic mass is 19.1. The lowest BCUT2D eigenvalue weighted by Gasteiger charge is -2.12. The third kappa shape index (κ3) is 2.93. The second kappa shape index (κ2) is 5.54. The maximum atomic E-state index is 13.0. The largest absolute Gasteiger partial charge is 0.454 e. The van der Waals surface area contributed by atoms with Crippen LogP contribution in [0, 0.1) is 0 Å². The Bertz CT molecular complexity index is 512. The van der Waals surface area contributed by atoms with Gasteiger partial charge in [-0.1, -0.05) is 0 Å². The van der Waals surface area contributed by atoms with Crippen LogP contribution in [0.15, 0.2) is 18.2 Å². The number of rotatable bonds is 3. The molecule has 0 aromatic heterocycles. The van der Waals surface area contributed by atoms with E-state index in [0.717, 1.165) is 0 Å². The van der Waals surface area contributed by atoms with Crippen LogP contribution >= 0.6 is 0 Å². The summed E-state index contributed by atoms with van der Waals surface area (Å²) >= 11 is 0. The van der Waals surface area contributed by atoms with Crippen molar-refractivity contribution in [2.45, 2.75) is 18.6 Å². The number of anilines is 1. The molecule has 2 atom stereocenters. The van der Waals surface area contributed by atoms with Crippen LogP contribution in [0.2, 0.25) is 0 Å². The first-order valence-corrected chi connectivity index (χ1v) is 6.52. The minimum atomic E-state index is -0.821. The zero-order chi connectivity index (χ0) is 13.9. The van der Waals surface area contributed by atoms with E-state index >= 15 is 0 Å². The molecular weight excluding hydrogens is 265 g/mol. The Labute approximate surface area is 115 Å². The normalized spacial score (nSPS) is 23.6. The fraction of sp³-hybridized carbons (Fsp3) is 0.462. The molecule has 0 radical (unpaired) electrons. The highest BCUT2D eigenvalue weighted by Crippen LogP contribution is 2.34. The molecule has 0 spiro atoms. The van der Waals surface area contributed by atoms with Gasteiger partial charge in [0.25, 0.3) is 0 Å². The number of hydrogen-bond donors (Lipinski definition) is 3. The minimum absolute atomic E-state index is 0.00694. The lowest BCUT2D eigenvalue weighted by molar-refractivity contribution is 0.174. The number of fused-ring (bicyclic) bond motifs is 1. The summed E-state index contributed by atoms with van der Waals surface area (Å²) in [4.78, 5) is 11.7. The maximum absolute atomic E-state index is 13.0. The van der Waals surface area contributed by atoms with Gasteiger partial charge in [0.2, 0.25) is 6.79 Å². The number of halogens is 1. The predicted octanol–water partition coefficient (Wildman–Crippen LogP) is 1.24. The van der Waals surface area contributed by atoms with Crippen molar-refractivity contribution in [3.63, 3.8) is 0 Å². The zero-order valence-corrected chi connectivity index (χ0v) is 10.8. The Morgan fingerprint density at radius 3 is 3.05 bits per heavy atom. The number of hydrogen-bond acceptors (Lipinski definition) is 4. The van der Waals surface area contributed by atoms with Crippen molar-refractivity contribution in [2.24, 2.45) is 0 Å². The van der Waals surface area contributed by atoms with E-state index in [1.165, 1.54) is 0 Å². The molecule has 3 N–H and O–H groups in total. The SMILES string of the molecule is O=C(NC[C@@H]1C[C@H](F)CN1)Nc1ccc2c(c1)OCO2. The Morgan fingerprint density at radius 1 is 1.40 bits per heavy atom. The molecule has 1 aromatic carbocycles. The molecule has 0 unspecified atom stereocenters. The number of nitrogens with one attached hydrogen (secondary N) is 3.